The highest BCUT2D eigenvalue weighted by Gasteiger charge is 2.43. The molecule has 3 aromatic carbocycles. The normalized spacial score (nSPS) is 25.0. The van der Waals surface area contributed by atoms with Gasteiger partial charge >= 0.3 is 0 Å². The summed E-state index contributed by atoms with van der Waals surface area (Å²) in [5, 5.41) is 3.46. The lowest BCUT2D eigenvalue weighted by Crippen LogP contribution is -2.49. The topological polar surface area (TPSA) is 39.7 Å². The van der Waals surface area contributed by atoms with Crippen LogP contribution in [0.15, 0.2) is 85.4 Å². The minimum Gasteiger partial charge on any atom is -0.382 e. The zero-order chi connectivity index (χ0) is 22.7. The fourth-order valence-corrected chi connectivity index (χ4v) is 4.49. The van der Waals surface area contributed by atoms with Crippen LogP contribution in [0.2, 0.25) is 0 Å². The second kappa shape index (κ2) is 9.48. The zero-order valence-electron chi connectivity index (χ0n) is 18.5. The summed E-state index contributed by atoms with van der Waals surface area (Å²) in [6, 6.07) is 25.3. The molecule has 0 bridgehead atoms. The van der Waals surface area contributed by atoms with Crippen molar-refractivity contribution in [2.24, 2.45) is 0 Å². The zero-order valence-corrected chi connectivity index (χ0v) is 18.5. The highest BCUT2D eigenvalue weighted by molar-refractivity contribution is 5.71. The Morgan fingerprint density at radius 3 is 2.18 bits per heavy atom. The number of halogens is 1. The molecule has 3 aromatic rings. The van der Waals surface area contributed by atoms with Gasteiger partial charge in [-0.2, -0.15) is 0 Å². The standard InChI is InChI=1S/C28H28FNO3/c1-20(21-7-9-23(10-8-21)22-5-3-2-4-6-22)27-19-31-28(33-32-27)17-15-26(16-18-28)30-25-13-11-24(29)12-14-25/h2-14,26-27,30H,1,15-19H2. The fourth-order valence-electron chi connectivity index (χ4n) is 4.49. The lowest BCUT2D eigenvalue weighted by atomic mass is 9.89. The van der Waals surface area contributed by atoms with Crippen molar-refractivity contribution in [2.45, 2.75) is 43.6 Å². The van der Waals surface area contributed by atoms with E-state index in [0.29, 0.717) is 12.6 Å². The Kier molecular flexibility index (Phi) is 6.27. The lowest BCUT2D eigenvalue weighted by Gasteiger charge is -2.43. The van der Waals surface area contributed by atoms with E-state index in [-0.39, 0.29) is 11.9 Å². The minimum absolute atomic E-state index is 0.229. The quantitative estimate of drug-likeness (QED) is 0.449. The van der Waals surface area contributed by atoms with Gasteiger partial charge in [-0.15, -0.1) is 0 Å². The predicted molar refractivity (Wildman–Crippen MR) is 128 cm³/mol. The maximum atomic E-state index is 13.1. The van der Waals surface area contributed by atoms with Crippen molar-refractivity contribution in [2.75, 3.05) is 11.9 Å². The van der Waals surface area contributed by atoms with Crippen LogP contribution in [0.5, 0.6) is 0 Å². The average molecular weight is 446 g/mol. The first-order valence-corrected chi connectivity index (χ1v) is 11.5. The molecular formula is C28H28FNO3. The Labute approximate surface area is 193 Å². The van der Waals surface area contributed by atoms with Gasteiger partial charge in [0.05, 0.1) is 6.61 Å². The summed E-state index contributed by atoms with van der Waals surface area (Å²) in [7, 11) is 0. The molecule has 1 aliphatic carbocycles. The average Bonchev–Trinajstić information content (AvgIpc) is 2.88. The van der Waals surface area contributed by atoms with Gasteiger partial charge in [0, 0.05) is 24.6 Å². The Balaban J connectivity index is 1.13. The van der Waals surface area contributed by atoms with Gasteiger partial charge in [0.15, 0.2) is 0 Å². The summed E-state index contributed by atoms with van der Waals surface area (Å²) in [6.45, 7) is 4.64. The van der Waals surface area contributed by atoms with Crippen LogP contribution in [0.25, 0.3) is 16.7 Å². The van der Waals surface area contributed by atoms with Gasteiger partial charge in [-0.25, -0.2) is 14.2 Å². The molecule has 0 amide bonds. The van der Waals surface area contributed by atoms with Gasteiger partial charge in [0.1, 0.15) is 11.9 Å². The smallest absolute Gasteiger partial charge is 0.201 e. The van der Waals surface area contributed by atoms with E-state index in [4.69, 9.17) is 14.5 Å². The van der Waals surface area contributed by atoms with Crippen LogP contribution in [0, 0.1) is 5.82 Å². The first-order chi connectivity index (χ1) is 16.1. The van der Waals surface area contributed by atoms with E-state index in [1.807, 2.05) is 18.2 Å². The summed E-state index contributed by atoms with van der Waals surface area (Å²) in [5.74, 6) is -0.929. The number of anilines is 1. The highest BCUT2D eigenvalue weighted by Crippen LogP contribution is 2.38. The predicted octanol–water partition coefficient (Wildman–Crippen LogP) is 6.60. The van der Waals surface area contributed by atoms with Crippen LogP contribution in [0.1, 0.15) is 31.2 Å². The molecule has 1 aliphatic heterocycles. The van der Waals surface area contributed by atoms with E-state index in [1.54, 1.807) is 12.1 Å². The van der Waals surface area contributed by atoms with Crippen LogP contribution in [0.4, 0.5) is 10.1 Å². The molecule has 1 atom stereocenters. The molecule has 4 nitrogen and oxygen atoms in total. The number of hydrogen-bond donors (Lipinski definition) is 1. The number of rotatable bonds is 5. The first kappa shape index (κ1) is 21.8. The molecule has 0 aromatic heterocycles. The summed E-state index contributed by atoms with van der Waals surface area (Å²) in [5.41, 5.74) is 5.12. The van der Waals surface area contributed by atoms with Gasteiger partial charge in [-0.05, 0) is 59.4 Å². The summed E-state index contributed by atoms with van der Waals surface area (Å²) < 4.78 is 19.3. The van der Waals surface area contributed by atoms with E-state index in [1.165, 1.54) is 17.7 Å². The molecule has 33 heavy (non-hydrogen) atoms. The summed E-state index contributed by atoms with van der Waals surface area (Å²) in [6.07, 6.45) is 2.89. The van der Waals surface area contributed by atoms with E-state index < -0.39 is 5.79 Å². The van der Waals surface area contributed by atoms with Crippen LogP contribution in [-0.2, 0) is 14.5 Å². The molecule has 0 radical (unpaired) electrons. The maximum Gasteiger partial charge on any atom is 0.201 e. The van der Waals surface area contributed by atoms with E-state index in [0.717, 1.165) is 48.1 Å². The maximum absolute atomic E-state index is 13.1. The molecule has 1 saturated carbocycles. The third-order valence-electron chi connectivity index (χ3n) is 6.53. The van der Waals surface area contributed by atoms with Crippen molar-refractivity contribution < 1.29 is 18.9 Å². The van der Waals surface area contributed by atoms with Crippen molar-refractivity contribution >= 4 is 11.3 Å². The van der Waals surface area contributed by atoms with E-state index in [2.05, 4.69) is 48.3 Å². The Bertz CT molecular complexity index is 1060. The van der Waals surface area contributed by atoms with Crippen molar-refractivity contribution in [3.63, 3.8) is 0 Å². The Hall–Kier alpha value is -2.99. The van der Waals surface area contributed by atoms with Gasteiger partial charge in [0.25, 0.3) is 0 Å². The van der Waals surface area contributed by atoms with Gasteiger partial charge in [-0.3, -0.25) is 0 Å². The van der Waals surface area contributed by atoms with E-state index in [9.17, 15) is 4.39 Å². The SMILES string of the molecule is C=C(c1ccc(-c2ccccc2)cc1)C1COC2(CCC(Nc3ccc(F)cc3)CC2)OO1. The van der Waals surface area contributed by atoms with Crippen LogP contribution in [0.3, 0.4) is 0 Å². The summed E-state index contributed by atoms with van der Waals surface area (Å²) >= 11 is 0. The molecule has 5 rings (SSSR count). The molecule has 1 N–H and O–H groups in total. The van der Waals surface area contributed by atoms with Crippen LogP contribution < -0.4 is 5.32 Å². The summed E-state index contributed by atoms with van der Waals surface area (Å²) in [4.78, 5) is 11.6. The minimum atomic E-state index is -0.699. The Morgan fingerprint density at radius 2 is 1.55 bits per heavy atom. The molecule has 1 unspecified atom stereocenters. The van der Waals surface area contributed by atoms with Gasteiger partial charge in [-0.1, -0.05) is 61.2 Å². The van der Waals surface area contributed by atoms with Gasteiger partial charge < -0.3 is 10.1 Å². The Morgan fingerprint density at radius 1 is 0.879 bits per heavy atom. The van der Waals surface area contributed by atoms with Crippen LogP contribution in [-0.4, -0.2) is 24.5 Å². The van der Waals surface area contributed by atoms with Crippen molar-refractivity contribution in [3.05, 3.63) is 96.8 Å². The van der Waals surface area contributed by atoms with Gasteiger partial charge in [0.2, 0.25) is 5.79 Å². The molecule has 2 fully saturated rings. The lowest BCUT2D eigenvalue weighted by molar-refractivity contribution is -0.483. The molecule has 1 saturated heterocycles. The van der Waals surface area contributed by atoms with Crippen LogP contribution >= 0.6 is 0 Å². The van der Waals surface area contributed by atoms with Crippen molar-refractivity contribution in [1.29, 1.82) is 0 Å². The third-order valence-corrected chi connectivity index (χ3v) is 6.53. The first-order valence-electron chi connectivity index (χ1n) is 11.5. The monoisotopic (exact) mass is 445 g/mol. The largest absolute Gasteiger partial charge is 0.382 e. The number of hydrogen-bond acceptors (Lipinski definition) is 4. The van der Waals surface area contributed by atoms with E-state index >= 15 is 0 Å². The number of ether oxygens (including phenoxy) is 1. The third kappa shape index (κ3) is 5.01. The second-order valence-electron chi connectivity index (χ2n) is 8.78. The highest BCUT2D eigenvalue weighted by atomic mass is 19.1. The van der Waals surface area contributed by atoms with Crippen molar-refractivity contribution in [3.8, 4) is 11.1 Å². The number of benzene rings is 3. The molecule has 2 aliphatic rings. The second-order valence-corrected chi connectivity index (χ2v) is 8.78. The molecule has 1 heterocycles. The fraction of sp³-hybridized carbons (Fsp3) is 0.286. The molecular weight excluding hydrogens is 417 g/mol. The number of nitrogens with one attached hydrogen (secondary N) is 1. The molecule has 5 heteroatoms. The van der Waals surface area contributed by atoms with Crippen molar-refractivity contribution in [1.82, 2.24) is 0 Å². The molecule has 170 valence electrons. The molecule has 1 spiro atoms.